The molecule has 0 spiro atoms. The monoisotopic (exact) mass is 291 g/mol. The van der Waals surface area contributed by atoms with Crippen molar-refractivity contribution >= 4 is 17.6 Å². The molecule has 4 atom stereocenters. The average Bonchev–Trinajstić information content (AvgIpc) is 2.94. The van der Waals surface area contributed by atoms with Crippen LogP contribution in [0, 0.1) is 17.7 Å². The molecule has 1 aromatic rings. The van der Waals surface area contributed by atoms with Crippen molar-refractivity contribution in [2.75, 3.05) is 5.32 Å². The van der Waals surface area contributed by atoms with Gasteiger partial charge in [0, 0.05) is 5.69 Å². The minimum Gasteiger partial charge on any atom is -0.481 e. The number of fused-ring (bicyclic) bond motifs is 2. The van der Waals surface area contributed by atoms with Crippen LogP contribution in [0.4, 0.5) is 10.1 Å². The minimum atomic E-state index is -1.06. The molecule has 2 bridgehead atoms. The molecule has 5 nitrogen and oxygen atoms in total. The Hall–Kier alpha value is -2.21. The molecule has 2 N–H and O–H groups in total. The van der Waals surface area contributed by atoms with Crippen LogP contribution in [0.1, 0.15) is 6.92 Å². The number of anilines is 1. The quantitative estimate of drug-likeness (QED) is 0.833. The largest absolute Gasteiger partial charge is 0.481 e. The standard InChI is InChI=1S/C15H14FNO4/c1-15-7-6-10(21-15)11(14(19)20)12(15)13(18)17-9-4-2-8(16)3-5-9/h2-7,10-12H,1H3,(H,17,18)(H,19,20)/t10-,11+,12+,15+/m1/s1. The maximum Gasteiger partial charge on any atom is 0.310 e. The number of ether oxygens (including phenoxy) is 1. The number of halogens is 1. The van der Waals surface area contributed by atoms with Gasteiger partial charge >= 0.3 is 5.97 Å². The van der Waals surface area contributed by atoms with Gasteiger partial charge in [-0.1, -0.05) is 12.2 Å². The van der Waals surface area contributed by atoms with Crippen LogP contribution in [0.15, 0.2) is 36.4 Å². The molecular formula is C15H14FNO4. The first-order valence-corrected chi connectivity index (χ1v) is 6.57. The van der Waals surface area contributed by atoms with Gasteiger partial charge in [-0.3, -0.25) is 9.59 Å². The van der Waals surface area contributed by atoms with Gasteiger partial charge in [0.15, 0.2) is 0 Å². The summed E-state index contributed by atoms with van der Waals surface area (Å²) in [6.45, 7) is 1.70. The van der Waals surface area contributed by atoms with Crippen molar-refractivity contribution in [1.82, 2.24) is 0 Å². The smallest absolute Gasteiger partial charge is 0.310 e. The highest BCUT2D eigenvalue weighted by atomic mass is 19.1. The second-order valence-corrected chi connectivity index (χ2v) is 5.46. The normalized spacial score (nSPS) is 33.1. The highest BCUT2D eigenvalue weighted by Gasteiger charge is 2.59. The topological polar surface area (TPSA) is 75.6 Å². The predicted molar refractivity (Wildman–Crippen MR) is 72.1 cm³/mol. The molecule has 2 aliphatic heterocycles. The highest BCUT2D eigenvalue weighted by Crippen LogP contribution is 2.47. The lowest BCUT2D eigenvalue weighted by molar-refractivity contribution is -0.146. The summed E-state index contributed by atoms with van der Waals surface area (Å²) < 4.78 is 18.5. The Labute approximate surface area is 120 Å². The summed E-state index contributed by atoms with van der Waals surface area (Å²) in [5.74, 6) is -3.65. The van der Waals surface area contributed by atoms with Gasteiger partial charge in [-0.05, 0) is 31.2 Å². The molecule has 1 aromatic carbocycles. The molecule has 2 heterocycles. The number of carboxylic acid groups (broad SMARTS) is 1. The fourth-order valence-corrected chi connectivity index (χ4v) is 3.03. The van der Waals surface area contributed by atoms with E-state index in [1.807, 2.05) is 0 Å². The Morgan fingerprint density at radius 2 is 2.00 bits per heavy atom. The summed E-state index contributed by atoms with van der Waals surface area (Å²) in [4.78, 5) is 23.8. The van der Waals surface area contributed by atoms with Crippen LogP contribution in [0.2, 0.25) is 0 Å². The summed E-state index contributed by atoms with van der Waals surface area (Å²) in [7, 11) is 0. The molecule has 0 unspecified atom stereocenters. The van der Waals surface area contributed by atoms with Crippen LogP contribution in [0.25, 0.3) is 0 Å². The van der Waals surface area contributed by atoms with Crippen LogP contribution in [-0.4, -0.2) is 28.7 Å². The molecule has 0 aliphatic carbocycles. The van der Waals surface area contributed by atoms with Crippen molar-refractivity contribution < 1.29 is 23.8 Å². The van der Waals surface area contributed by atoms with Crippen molar-refractivity contribution in [1.29, 1.82) is 0 Å². The van der Waals surface area contributed by atoms with Crippen LogP contribution in [-0.2, 0) is 14.3 Å². The van der Waals surface area contributed by atoms with E-state index in [9.17, 15) is 19.1 Å². The number of hydrogen-bond acceptors (Lipinski definition) is 3. The zero-order chi connectivity index (χ0) is 15.2. The van der Waals surface area contributed by atoms with E-state index >= 15 is 0 Å². The number of nitrogens with one attached hydrogen (secondary N) is 1. The van der Waals surface area contributed by atoms with E-state index in [4.69, 9.17) is 4.74 Å². The molecule has 0 saturated carbocycles. The minimum absolute atomic E-state index is 0.408. The Morgan fingerprint density at radius 3 is 2.62 bits per heavy atom. The van der Waals surface area contributed by atoms with Crippen LogP contribution < -0.4 is 5.32 Å². The van der Waals surface area contributed by atoms with Crippen LogP contribution >= 0.6 is 0 Å². The molecule has 1 saturated heterocycles. The second kappa shape index (κ2) is 4.66. The lowest BCUT2D eigenvalue weighted by atomic mass is 9.75. The molecule has 110 valence electrons. The molecule has 1 amide bonds. The maximum atomic E-state index is 12.9. The third-order valence-electron chi connectivity index (χ3n) is 4.02. The number of carboxylic acids is 1. The number of amides is 1. The van der Waals surface area contributed by atoms with Gasteiger partial charge in [-0.25, -0.2) is 4.39 Å². The van der Waals surface area contributed by atoms with E-state index in [1.54, 1.807) is 19.1 Å². The lowest BCUT2D eigenvalue weighted by Gasteiger charge is -2.27. The van der Waals surface area contributed by atoms with E-state index in [0.29, 0.717) is 5.69 Å². The molecule has 0 aromatic heterocycles. The van der Waals surface area contributed by atoms with Gasteiger partial charge in [0.1, 0.15) is 11.7 Å². The number of carbonyl (C=O) groups excluding carboxylic acids is 1. The Balaban J connectivity index is 1.84. The maximum absolute atomic E-state index is 12.9. The Kier molecular flexibility index (Phi) is 3.06. The predicted octanol–water partition coefficient (Wildman–Crippen LogP) is 1.81. The first kappa shape index (κ1) is 13.8. The third kappa shape index (κ3) is 2.21. The molecular weight excluding hydrogens is 277 g/mol. The summed E-state index contributed by atoms with van der Waals surface area (Å²) in [6.07, 6.45) is 2.82. The van der Waals surface area contributed by atoms with Crippen molar-refractivity contribution in [2.24, 2.45) is 11.8 Å². The van der Waals surface area contributed by atoms with Gasteiger partial charge in [-0.2, -0.15) is 0 Å². The third-order valence-corrected chi connectivity index (χ3v) is 4.02. The number of aliphatic carboxylic acids is 1. The van der Waals surface area contributed by atoms with E-state index in [0.717, 1.165) is 0 Å². The second-order valence-electron chi connectivity index (χ2n) is 5.46. The van der Waals surface area contributed by atoms with E-state index in [-0.39, 0.29) is 0 Å². The van der Waals surface area contributed by atoms with E-state index < -0.39 is 41.2 Å². The number of hydrogen-bond donors (Lipinski definition) is 2. The molecule has 2 aliphatic rings. The van der Waals surface area contributed by atoms with Gasteiger partial charge < -0.3 is 15.2 Å². The summed E-state index contributed by atoms with van der Waals surface area (Å²) in [5, 5.41) is 12.0. The molecule has 6 heteroatoms. The number of benzene rings is 1. The summed E-state index contributed by atoms with van der Waals surface area (Å²) in [5.41, 5.74) is -0.501. The SMILES string of the molecule is C[C@@]12C=C[C@@H](O1)[C@H](C(=O)O)[C@H]2C(=O)Nc1ccc(F)cc1. The van der Waals surface area contributed by atoms with E-state index in [2.05, 4.69) is 5.32 Å². The van der Waals surface area contributed by atoms with Gasteiger partial charge in [0.05, 0.1) is 17.6 Å². The number of rotatable bonds is 3. The van der Waals surface area contributed by atoms with Gasteiger partial charge in [0.25, 0.3) is 0 Å². The van der Waals surface area contributed by atoms with Crippen molar-refractivity contribution in [2.45, 2.75) is 18.6 Å². The number of carbonyl (C=O) groups is 2. The zero-order valence-electron chi connectivity index (χ0n) is 11.2. The van der Waals surface area contributed by atoms with Gasteiger partial charge in [-0.15, -0.1) is 0 Å². The van der Waals surface area contributed by atoms with Crippen LogP contribution in [0.3, 0.4) is 0 Å². The zero-order valence-corrected chi connectivity index (χ0v) is 11.2. The summed E-state index contributed by atoms with van der Waals surface area (Å²) >= 11 is 0. The lowest BCUT2D eigenvalue weighted by Crippen LogP contribution is -2.44. The van der Waals surface area contributed by atoms with Crippen molar-refractivity contribution in [3.05, 3.63) is 42.2 Å². The molecule has 1 fully saturated rings. The fraction of sp³-hybridized carbons (Fsp3) is 0.333. The van der Waals surface area contributed by atoms with Crippen LogP contribution in [0.5, 0.6) is 0 Å². The molecule has 3 rings (SSSR count). The highest BCUT2D eigenvalue weighted by molar-refractivity contribution is 5.97. The fourth-order valence-electron chi connectivity index (χ4n) is 3.03. The Bertz CT molecular complexity index is 627. The first-order valence-electron chi connectivity index (χ1n) is 6.57. The average molecular weight is 291 g/mol. The molecule has 0 radical (unpaired) electrons. The van der Waals surface area contributed by atoms with E-state index in [1.165, 1.54) is 24.3 Å². The first-order chi connectivity index (χ1) is 9.90. The summed E-state index contributed by atoms with van der Waals surface area (Å²) in [6, 6.07) is 5.30. The Morgan fingerprint density at radius 1 is 1.33 bits per heavy atom. The van der Waals surface area contributed by atoms with Crippen molar-refractivity contribution in [3.8, 4) is 0 Å². The van der Waals surface area contributed by atoms with Gasteiger partial charge in [0.2, 0.25) is 5.91 Å². The molecule has 21 heavy (non-hydrogen) atoms. The van der Waals surface area contributed by atoms with Crippen molar-refractivity contribution in [3.63, 3.8) is 0 Å².